The lowest BCUT2D eigenvalue weighted by Crippen LogP contribution is -2.24. The number of rotatable bonds is 3. The maximum Gasteiger partial charge on any atom is 0.226 e. The molecule has 2 aromatic rings. The normalized spacial score (nSPS) is 20.0. The number of carbonyl (C=O) groups is 1. The lowest BCUT2D eigenvalue weighted by molar-refractivity contribution is -0.116. The van der Waals surface area contributed by atoms with Gasteiger partial charge >= 0.3 is 0 Å². The Balaban J connectivity index is 1.74. The first-order valence-corrected chi connectivity index (χ1v) is 8.45. The van der Waals surface area contributed by atoms with Crippen LogP contribution in [0.25, 0.3) is 0 Å². The van der Waals surface area contributed by atoms with E-state index in [1.165, 1.54) is 12.8 Å². The molecule has 126 valence electrons. The van der Waals surface area contributed by atoms with Crippen LogP contribution in [0.2, 0.25) is 0 Å². The highest BCUT2D eigenvalue weighted by atomic mass is 16.5. The van der Waals surface area contributed by atoms with E-state index in [1.54, 1.807) is 7.11 Å². The van der Waals surface area contributed by atoms with Gasteiger partial charge in [-0.3, -0.25) is 9.89 Å². The zero-order valence-electron chi connectivity index (χ0n) is 14.1. The molecule has 0 bridgehead atoms. The molecule has 2 aliphatic heterocycles. The van der Waals surface area contributed by atoms with Gasteiger partial charge in [0.15, 0.2) is 5.82 Å². The van der Waals surface area contributed by atoms with Gasteiger partial charge in [-0.2, -0.15) is 5.10 Å². The van der Waals surface area contributed by atoms with Crippen LogP contribution in [0.5, 0.6) is 5.75 Å². The van der Waals surface area contributed by atoms with Gasteiger partial charge in [-0.15, -0.1) is 0 Å². The third kappa shape index (κ3) is 2.42. The number of aryl methyl sites for hydroxylation is 1. The number of H-pyrrole nitrogens is 1. The molecule has 1 atom stereocenters. The quantitative estimate of drug-likeness (QED) is 0.910. The molecule has 1 fully saturated rings. The van der Waals surface area contributed by atoms with Crippen LogP contribution in [0.3, 0.4) is 0 Å². The second-order valence-corrected chi connectivity index (χ2v) is 6.54. The first-order valence-electron chi connectivity index (χ1n) is 8.45. The zero-order chi connectivity index (χ0) is 16.7. The molecule has 1 unspecified atom stereocenters. The Bertz CT molecular complexity index is 777. The molecule has 2 N–H and O–H groups in total. The molecule has 0 spiro atoms. The van der Waals surface area contributed by atoms with Gasteiger partial charge in [0.25, 0.3) is 0 Å². The molecule has 0 aliphatic carbocycles. The Morgan fingerprint density at radius 3 is 2.83 bits per heavy atom. The number of amides is 1. The van der Waals surface area contributed by atoms with Crippen LogP contribution in [0.1, 0.15) is 42.0 Å². The summed E-state index contributed by atoms with van der Waals surface area (Å²) in [4.78, 5) is 14.4. The Hall–Kier alpha value is -2.50. The van der Waals surface area contributed by atoms with Gasteiger partial charge in [-0.05, 0) is 37.5 Å². The molecule has 24 heavy (non-hydrogen) atoms. The van der Waals surface area contributed by atoms with E-state index in [4.69, 9.17) is 4.74 Å². The summed E-state index contributed by atoms with van der Waals surface area (Å²) < 4.78 is 5.65. The SMILES string of the molecule is COc1cc(C2CC(=O)Nc3n[nH]c(C)c32)ccc1N1CCCC1. The van der Waals surface area contributed by atoms with Crippen molar-refractivity contribution in [1.29, 1.82) is 0 Å². The van der Waals surface area contributed by atoms with Crippen LogP contribution in [-0.4, -0.2) is 36.3 Å². The van der Waals surface area contributed by atoms with E-state index >= 15 is 0 Å². The number of nitrogens with zero attached hydrogens (tertiary/aromatic N) is 2. The molecular formula is C18H22N4O2. The molecular weight excluding hydrogens is 304 g/mol. The number of methoxy groups -OCH3 is 1. The predicted molar refractivity (Wildman–Crippen MR) is 92.9 cm³/mol. The lowest BCUT2D eigenvalue weighted by Gasteiger charge is -2.25. The first-order chi connectivity index (χ1) is 11.7. The minimum Gasteiger partial charge on any atom is -0.495 e. The fourth-order valence-corrected chi connectivity index (χ4v) is 3.84. The lowest BCUT2D eigenvalue weighted by atomic mass is 9.85. The number of nitrogens with one attached hydrogen (secondary N) is 2. The average Bonchev–Trinajstić information content (AvgIpc) is 3.24. The summed E-state index contributed by atoms with van der Waals surface area (Å²) >= 11 is 0. The van der Waals surface area contributed by atoms with Crippen molar-refractivity contribution >= 4 is 17.4 Å². The third-order valence-electron chi connectivity index (χ3n) is 5.04. The van der Waals surface area contributed by atoms with Crippen LogP contribution in [0.15, 0.2) is 18.2 Å². The summed E-state index contributed by atoms with van der Waals surface area (Å²) in [5.74, 6) is 1.54. The van der Waals surface area contributed by atoms with Crippen molar-refractivity contribution in [3.05, 3.63) is 35.0 Å². The smallest absolute Gasteiger partial charge is 0.226 e. The van der Waals surface area contributed by atoms with E-state index in [9.17, 15) is 4.79 Å². The van der Waals surface area contributed by atoms with Crippen LogP contribution >= 0.6 is 0 Å². The number of ether oxygens (including phenoxy) is 1. The van der Waals surface area contributed by atoms with E-state index in [1.807, 2.05) is 6.92 Å². The van der Waals surface area contributed by atoms with Gasteiger partial charge < -0.3 is 15.0 Å². The van der Waals surface area contributed by atoms with E-state index in [-0.39, 0.29) is 11.8 Å². The highest BCUT2D eigenvalue weighted by Crippen LogP contribution is 2.41. The Labute approximate surface area is 141 Å². The molecule has 6 nitrogen and oxygen atoms in total. The highest BCUT2D eigenvalue weighted by molar-refractivity contribution is 5.94. The van der Waals surface area contributed by atoms with E-state index in [0.717, 1.165) is 41.3 Å². The largest absolute Gasteiger partial charge is 0.495 e. The molecule has 3 heterocycles. The highest BCUT2D eigenvalue weighted by Gasteiger charge is 2.31. The summed E-state index contributed by atoms with van der Waals surface area (Å²) in [5, 5.41) is 10.0. The number of anilines is 2. The molecule has 1 aromatic heterocycles. The second kappa shape index (κ2) is 5.85. The van der Waals surface area contributed by atoms with Crippen molar-refractivity contribution < 1.29 is 9.53 Å². The van der Waals surface area contributed by atoms with E-state index < -0.39 is 0 Å². The number of aromatic amines is 1. The monoisotopic (exact) mass is 326 g/mol. The number of benzene rings is 1. The van der Waals surface area contributed by atoms with Gasteiger partial charge in [0.2, 0.25) is 5.91 Å². The molecule has 0 saturated carbocycles. The number of carbonyl (C=O) groups excluding carboxylic acids is 1. The number of hydrogen-bond donors (Lipinski definition) is 2. The number of hydrogen-bond acceptors (Lipinski definition) is 4. The van der Waals surface area contributed by atoms with E-state index in [0.29, 0.717) is 12.2 Å². The van der Waals surface area contributed by atoms with Crippen molar-refractivity contribution in [1.82, 2.24) is 10.2 Å². The molecule has 2 aliphatic rings. The van der Waals surface area contributed by atoms with Crippen molar-refractivity contribution in [3.63, 3.8) is 0 Å². The maximum atomic E-state index is 12.0. The van der Waals surface area contributed by atoms with Gasteiger partial charge in [0.1, 0.15) is 5.75 Å². The van der Waals surface area contributed by atoms with Crippen molar-refractivity contribution in [2.75, 3.05) is 30.4 Å². The van der Waals surface area contributed by atoms with Crippen LogP contribution in [-0.2, 0) is 4.79 Å². The van der Waals surface area contributed by atoms with Gasteiger partial charge in [0.05, 0.1) is 12.8 Å². The predicted octanol–water partition coefficient (Wildman–Crippen LogP) is 2.80. The molecule has 1 aromatic carbocycles. The second-order valence-electron chi connectivity index (χ2n) is 6.54. The molecule has 0 radical (unpaired) electrons. The fourth-order valence-electron chi connectivity index (χ4n) is 3.84. The Morgan fingerprint density at radius 2 is 2.08 bits per heavy atom. The summed E-state index contributed by atoms with van der Waals surface area (Å²) in [6.45, 7) is 4.14. The summed E-state index contributed by atoms with van der Waals surface area (Å²) in [6.07, 6.45) is 2.89. The van der Waals surface area contributed by atoms with Gasteiger partial charge in [-0.1, -0.05) is 6.07 Å². The maximum absolute atomic E-state index is 12.0. The van der Waals surface area contributed by atoms with E-state index in [2.05, 4.69) is 38.6 Å². The van der Waals surface area contributed by atoms with Gasteiger partial charge in [0, 0.05) is 36.7 Å². The molecule has 1 saturated heterocycles. The minimum absolute atomic E-state index is 0.00147. The Kier molecular flexibility index (Phi) is 3.67. The van der Waals surface area contributed by atoms with Crippen LogP contribution < -0.4 is 15.0 Å². The van der Waals surface area contributed by atoms with Crippen LogP contribution in [0.4, 0.5) is 11.5 Å². The minimum atomic E-state index is 0.00147. The summed E-state index contributed by atoms with van der Waals surface area (Å²) in [5.41, 5.74) is 4.31. The molecule has 6 heteroatoms. The topological polar surface area (TPSA) is 70.2 Å². The molecule has 1 amide bonds. The standard InChI is InChI=1S/C18H22N4O2/c1-11-17-13(10-16(23)19-18(17)21-20-11)12-5-6-14(15(9-12)24-2)22-7-3-4-8-22/h5-6,9,13H,3-4,7-8,10H2,1-2H3,(H2,19,20,21,23). The number of aromatic nitrogens is 2. The summed E-state index contributed by atoms with van der Waals surface area (Å²) in [7, 11) is 1.71. The van der Waals surface area contributed by atoms with Crippen molar-refractivity contribution in [2.24, 2.45) is 0 Å². The average molecular weight is 326 g/mol. The van der Waals surface area contributed by atoms with Gasteiger partial charge in [-0.25, -0.2) is 0 Å². The number of fused-ring (bicyclic) bond motifs is 1. The zero-order valence-corrected chi connectivity index (χ0v) is 14.1. The van der Waals surface area contributed by atoms with Crippen LogP contribution in [0, 0.1) is 6.92 Å². The summed E-state index contributed by atoms with van der Waals surface area (Å²) in [6, 6.07) is 6.32. The fraction of sp³-hybridized carbons (Fsp3) is 0.444. The molecule has 4 rings (SSSR count). The third-order valence-corrected chi connectivity index (χ3v) is 5.04. The Morgan fingerprint density at radius 1 is 1.29 bits per heavy atom. The first kappa shape index (κ1) is 15.1. The van der Waals surface area contributed by atoms with Crippen molar-refractivity contribution in [2.45, 2.75) is 32.1 Å². The van der Waals surface area contributed by atoms with Crippen molar-refractivity contribution in [3.8, 4) is 5.75 Å².